The van der Waals surface area contributed by atoms with Crippen LogP contribution in [0, 0.1) is 0 Å². The monoisotopic (exact) mass is 732 g/mol. The van der Waals surface area contributed by atoms with Crippen molar-refractivity contribution in [2.24, 2.45) is 0 Å². The van der Waals surface area contributed by atoms with Gasteiger partial charge in [-0.3, -0.25) is 0 Å². The summed E-state index contributed by atoms with van der Waals surface area (Å²) in [6.07, 6.45) is 0. The van der Waals surface area contributed by atoms with Gasteiger partial charge >= 0.3 is 35.0 Å². The van der Waals surface area contributed by atoms with Crippen LogP contribution in [0.2, 0.25) is 0 Å². The van der Waals surface area contributed by atoms with Gasteiger partial charge < -0.3 is 0 Å². The molecule has 0 amide bonds. The Morgan fingerprint density at radius 3 is 0.732 bits per heavy atom. The van der Waals surface area contributed by atoms with E-state index in [1.165, 1.54) is 44.0 Å². The third kappa shape index (κ3) is 12.1. The predicted octanol–water partition coefficient (Wildman–Crippen LogP) is 11.5. The zero-order chi connectivity index (χ0) is 33.2. The van der Waals surface area contributed by atoms with Crippen LogP contribution in [0.3, 0.4) is 0 Å². The molecule has 0 bridgehead atoms. The van der Waals surface area contributed by atoms with Gasteiger partial charge in [-0.05, 0) is 76.5 Å². The molecule has 2 rings (SSSR count). The average molecular weight is 734 g/mol. The van der Waals surface area contributed by atoms with Crippen LogP contribution in [0.5, 0.6) is 0 Å². The maximum atomic E-state index is 4.81. The van der Waals surface area contributed by atoms with E-state index in [2.05, 4.69) is 167 Å². The molecular formula is C36H62Cl2P2Pd. The summed E-state index contributed by atoms with van der Waals surface area (Å²) in [4.78, 5) is 0. The van der Waals surface area contributed by atoms with Gasteiger partial charge in [0.05, 0.1) is 0 Å². The fraction of sp³-hybridized carbons (Fsp3) is 0.667. The van der Waals surface area contributed by atoms with E-state index in [4.69, 9.17) is 19.1 Å². The van der Waals surface area contributed by atoms with Crippen molar-refractivity contribution in [1.82, 2.24) is 0 Å². The van der Waals surface area contributed by atoms with Crippen LogP contribution < -0.4 is 10.6 Å². The first-order valence-electron chi connectivity index (χ1n) is 14.6. The minimum atomic E-state index is -0.106. The van der Waals surface area contributed by atoms with Gasteiger partial charge in [0.15, 0.2) is 0 Å². The van der Waals surface area contributed by atoms with Crippen molar-refractivity contribution in [2.75, 3.05) is 0 Å². The molecule has 0 aliphatic carbocycles. The van der Waals surface area contributed by atoms with Crippen molar-refractivity contribution in [3.63, 3.8) is 0 Å². The summed E-state index contributed by atoms with van der Waals surface area (Å²) >= 11 is -0.106. The maximum absolute atomic E-state index is 4.81. The van der Waals surface area contributed by atoms with E-state index in [1.807, 2.05) is 0 Å². The van der Waals surface area contributed by atoms with Gasteiger partial charge in [-0.2, -0.15) is 0 Å². The molecule has 0 heterocycles. The van der Waals surface area contributed by atoms with Crippen LogP contribution in [0.15, 0.2) is 24.3 Å². The molecule has 0 nitrogen and oxygen atoms in total. The molecule has 2 aromatic rings. The van der Waals surface area contributed by atoms with Gasteiger partial charge in [0.25, 0.3) is 0 Å². The number of hydrogen-bond acceptors (Lipinski definition) is 0. The molecule has 2 unspecified atom stereocenters. The summed E-state index contributed by atoms with van der Waals surface area (Å²) in [7, 11) is 15.5. The topological polar surface area (TPSA) is 0 Å². The summed E-state index contributed by atoms with van der Waals surface area (Å²) in [5.74, 6) is 0. The second kappa shape index (κ2) is 14.8. The van der Waals surface area contributed by atoms with Gasteiger partial charge in [-0.15, -0.1) is 18.5 Å². The van der Waals surface area contributed by atoms with Crippen LogP contribution in [-0.4, -0.2) is 0 Å². The zero-order valence-corrected chi connectivity index (χ0v) is 34.9. The van der Waals surface area contributed by atoms with Crippen molar-refractivity contribution in [3.8, 4) is 0 Å². The Bertz CT molecular complexity index is 1050. The van der Waals surface area contributed by atoms with E-state index in [9.17, 15) is 0 Å². The van der Waals surface area contributed by atoms with Crippen LogP contribution in [0.25, 0.3) is 0 Å². The predicted molar refractivity (Wildman–Crippen MR) is 195 cm³/mol. The Hall–Kier alpha value is 0.542. The van der Waals surface area contributed by atoms with E-state index in [-0.39, 0.29) is 48.4 Å². The average Bonchev–Trinajstić information content (AvgIpc) is 2.69. The first-order chi connectivity index (χ1) is 17.9. The number of rotatable bonds is 0. The first kappa shape index (κ1) is 41.5. The van der Waals surface area contributed by atoms with Crippen LogP contribution in [0.4, 0.5) is 0 Å². The van der Waals surface area contributed by atoms with Crippen molar-refractivity contribution in [2.45, 2.75) is 157 Å². The number of halogens is 2. The third-order valence-electron chi connectivity index (χ3n) is 7.09. The SMILES string of the molecule is CC(C)(C)c1ccc(P)c(C(C)(C)C)c1C(C)(C)C.CC(C)(C)c1ccc(P)c(C(C)(C)C)c1C(C)(C)C.[Cl][Pd][Cl]. The molecule has 0 fully saturated rings. The van der Waals surface area contributed by atoms with Gasteiger partial charge in [-0.1, -0.05) is 149 Å². The summed E-state index contributed by atoms with van der Waals surface area (Å²) in [6.45, 7) is 41.8. The van der Waals surface area contributed by atoms with Gasteiger partial charge in [0.1, 0.15) is 0 Å². The molecular weight excluding hydrogens is 672 g/mol. The molecule has 0 saturated carbocycles. The number of benzene rings is 2. The van der Waals surface area contributed by atoms with Crippen molar-refractivity contribution in [3.05, 3.63) is 57.6 Å². The van der Waals surface area contributed by atoms with Crippen molar-refractivity contribution >= 4 is 48.1 Å². The van der Waals surface area contributed by atoms with Crippen LogP contribution in [-0.2, 0) is 48.4 Å². The Labute approximate surface area is 277 Å². The molecule has 41 heavy (non-hydrogen) atoms. The zero-order valence-electron chi connectivity index (χ0n) is 29.5. The Kier molecular flexibility index (Phi) is 15.0. The molecule has 0 saturated heterocycles. The molecule has 0 aliphatic heterocycles. The Morgan fingerprint density at radius 2 is 0.585 bits per heavy atom. The first-order valence-corrected chi connectivity index (χ1v) is 19.8. The van der Waals surface area contributed by atoms with E-state index in [1.54, 1.807) is 0 Å². The van der Waals surface area contributed by atoms with Crippen molar-refractivity contribution in [1.29, 1.82) is 0 Å². The molecule has 2 atom stereocenters. The summed E-state index contributed by atoms with van der Waals surface area (Å²) < 4.78 is 0. The van der Waals surface area contributed by atoms with E-state index < -0.39 is 0 Å². The van der Waals surface area contributed by atoms with Crippen molar-refractivity contribution < 1.29 is 15.9 Å². The van der Waals surface area contributed by atoms with E-state index >= 15 is 0 Å². The van der Waals surface area contributed by atoms with Crippen LogP contribution >= 0.6 is 37.5 Å². The normalized spacial score (nSPS) is 13.3. The molecule has 2 aromatic carbocycles. The van der Waals surface area contributed by atoms with Gasteiger partial charge in [-0.25, -0.2) is 0 Å². The van der Waals surface area contributed by atoms with Gasteiger partial charge in [0, 0.05) is 0 Å². The van der Waals surface area contributed by atoms with E-state index in [0.717, 1.165) is 0 Å². The summed E-state index contributed by atoms with van der Waals surface area (Å²) in [6, 6.07) is 9.17. The fourth-order valence-corrected chi connectivity index (χ4v) is 7.01. The standard InChI is InChI=1S/2C18H31P.2ClH.Pd/c2*1-16(2,3)12-10-11-13(19)15(18(7,8)9)14(12)17(4,5)6;;;/h2*10-11H,19H2,1-9H3;2*1H;/q;;;;+2/p-2. The van der Waals surface area contributed by atoms with E-state index in [0.29, 0.717) is 0 Å². The molecule has 0 aliphatic rings. The number of hydrogen-bond donors (Lipinski definition) is 0. The second-order valence-corrected chi connectivity index (χ2v) is 21.1. The summed E-state index contributed by atoms with van der Waals surface area (Å²) in [5.41, 5.74) is 10.0. The molecule has 0 spiro atoms. The molecule has 5 heteroatoms. The third-order valence-corrected chi connectivity index (χ3v) is 8.05. The fourth-order valence-electron chi connectivity index (χ4n) is 5.66. The molecule has 0 N–H and O–H groups in total. The molecule has 240 valence electrons. The Morgan fingerprint density at radius 1 is 0.390 bits per heavy atom. The molecule has 0 aromatic heterocycles. The van der Waals surface area contributed by atoms with Crippen LogP contribution in [0.1, 0.15) is 158 Å². The van der Waals surface area contributed by atoms with Gasteiger partial charge in [0.2, 0.25) is 0 Å². The quantitative estimate of drug-likeness (QED) is 0.187. The molecule has 0 radical (unpaired) electrons. The second-order valence-electron chi connectivity index (χ2n) is 17.4. The summed E-state index contributed by atoms with van der Waals surface area (Å²) in [5, 5.41) is 2.68. The minimum absolute atomic E-state index is 0.106. The Balaban J connectivity index is 0.000000712.